The maximum absolute atomic E-state index is 15.5. The van der Waals surface area contributed by atoms with E-state index in [0.29, 0.717) is 35.0 Å². The van der Waals surface area contributed by atoms with E-state index in [1.54, 1.807) is 12.1 Å². The Morgan fingerprint density at radius 2 is 1.64 bits per heavy atom. The van der Waals surface area contributed by atoms with Crippen molar-refractivity contribution in [3.63, 3.8) is 0 Å². The van der Waals surface area contributed by atoms with Crippen molar-refractivity contribution in [2.45, 2.75) is 32.1 Å². The molecule has 1 saturated heterocycles. The molecule has 5 rings (SSSR count). The van der Waals surface area contributed by atoms with Crippen LogP contribution in [0.15, 0.2) is 54.6 Å². The molecule has 1 aliphatic heterocycles. The smallest absolute Gasteiger partial charge is 0.129 e. The molecule has 0 aromatic heterocycles. The highest BCUT2D eigenvalue weighted by Gasteiger charge is 2.29. The van der Waals surface area contributed by atoms with Gasteiger partial charge in [-0.15, -0.1) is 0 Å². The maximum Gasteiger partial charge on any atom is 0.129 e. The first-order chi connectivity index (χ1) is 17.4. The van der Waals surface area contributed by atoms with Crippen LogP contribution < -0.4 is 0 Å². The number of alkyl halides is 1. The van der Waals surface area contributed by atoms with E-state index in [0.717, 1.165) is 60.2 Å². The van der Waals surface area contributed by atoms with Crippen LogP contribution in [0.2, 0.25) is 10.0 Å². The van der Waals surface area contributed by atoms with E-state index in [2.05, 4.69) is 11.0 Å². The molecule has 0 atom stereocenters. The number of fused-ring (bicyclic) bond motifs is 1. The van der Waals surface area contributed by atoms with Gasteiger partial charge >= 0.3 is 0 Å². The van der Waals surface area contributed by atoms with Crippen molar-refractivity contribution < 1.29 is 13.2 Å². The Bertz CT molecular complexity index is 1270. The molecular weight excluding hydrogens is 502 g/mol. The fourth-order valence-corrected chi connectivity index (χ4v) is 6.08. The Morgan fingerprint density at radius 3 is 2.36 bits per heavy atom. The van der Waals surface area contributed by atoms with Crippen LogP contribution in [0.3, 0.4) is 0 Å². The fourth-order valence-electron chi connectivity index (χ4n) is 5.56. The Balaban J connectivity index is 1.55. The number of likely N-dealkylation sites (tertiary alicyclic amines) is 1. The minimum absolute atomic E-state index is 0.127. The molecule has 2 aliphatic rings. The fraction of sp³-hybridized carbons (Fsp3) is 0.333. The zero-order valence-corrected chi connectivity index (χ0v) is 21.5. The zero-order valence-electron chi connectivity index (χ0n) is 20.0. The summed E-state index contributed by atoms with van der Waals surface area (Å²) < 4.78 is 43.3. The van der Waals surface area contributed by atoms with Gasteiger partial charge in [-0.1, -0.05) is 53.5 Å². The first-order valence-electron chi connectivity index (χ1n) is 12.5. The molecule has 188 valence electrons. The van der Waals surface area contributed by atoms with Gasteiger partial charge in [0.2, 0.25) is 0 Å². The highest BCUT2D eigenvalue weighted by molar-refractivity contribution is 6.36. The van der Waals surface area contributed by atoms with E-state index in [4.69, 9.17) is 23.2 Å². The highest BCUT2D eigenvalue weighted by Crippen LogP contribution is 2.43. The summed E-state index contributed by atoms with van der Waals surface area (Å²) in [5.41, 5.74) is 5.39. The van der Waals surface area contributed by atoms with Crippen LogP contribution in [0.4, 0.5) is 13.2 Å². The molecule has 0 radical (unpaired) electrons. The van der Waals surface area contributed by atoms with Crippen molar-refractivity contribution in [3.8, 4) is 0 Å². The van der Waals surface area contributed by atoms with Gasteiger partial charge in [0.25, 0.3) is 0 Å². The number of nitrogens with zero attached hydrogens (tertiary/aromatic N) is 1. The molecule has 0 bridgehead atoms. The van der Waals surface area contributed by atoms with Gasteiger partial charge in [0.05, 0.1) is 6.67 Å². The van der Waals surface area contributed by atoms with Crippen LogP contribution in [0.1, 0.15) is 47.1 Å². The Morgan fingerprint density at radius 1 is 0.889 bits per heavy atom. The standard InChI is InChI=1S/C30H28Cl2F3N/c31-22-9-10-24(27(32)16-22)25-8-3-6-20-5-1-2-7-23(20)30(25)21-14-28(34)26(29(35)15-21)13-19-17-36(18-19)12-4-11-33/h1-2,5,7,9-10,14-16,19H,3-4,6,8,11-13,17-18H2. The van der Waals surface area contributed by atoms with E-state index in [1.165, 1.54) is 12.1 Å². The lowest BCUT2D eigenvalue weighted by atomic mass is 9.86. The summed E-state index contributed by atoms with van der Waals surface area (Å²) in [5.74, 6) is -0.869. The molecule has 36 heavy (non-hydrogen) atoms. The molecule has 0 N–H and O–H groups in total. The summed E-state index contributed by atoms with van der Waals surface area (Å²) in [4.78, 5) is 2.13. The molecule has 0 saturated carbocycles. The minimum Gasteiger partial charge on any atom is -0.303 e. The van der Waals surface area contributed by atoms with Gasteiger partial charge in [-0.3, -0.25) is 4.39 Å². The molecule has 0 spiro atoms. The lowest BCUT2D eigenvalue weighted by molar-refractivity contribution is 0.0956. The number of halogens is 5. The highest BCUT2D eigenvalue weighted by atomic mass is 35.5. The third kappa shape index (κ3) is 5.22. The predicted octanol–water partition coefficient (Wildman–Crippen LogP) is 8.40. The second kappa shape index (κ2) is 11.0. The van der Waals surface area contributed by atoms with Gasteiger partial charge in [0, 0.05) is 35.2 Å². The van der Waals surface area contributed by atoms with Gasteiger partial charge in [-0.2, -0.15) is 0 Å². The van der Waals surface area contributed by atoms with Crippen LogP contribution in [0, 0.1) is 17.6 Å². The molecule has 3 aromatic rings. The third-order valence-corrected chi connectivity index (χ3v) is 7.83. The van der Waals surface area contributed by atoms with Crippen molar-refractivity contribution in [1.82, 2.24) is 4.90 Å². The van der Waals surface area contributed by atoms with E-state index in [9.17, 15) is 4.39 Å². The van der Waals surface area contributed by atoms with Gasteiger partial charge in [0.1, 0.15) is 11.6 Å². The third-order valence-electron chi connectivity index (χ3n) is 7.28. The molecule has 1 fully saturated rings. The van der Waals surface area contributed by atoms with E-state index in [-0.39, 0.29) is 18.2 Å². The quantitative estimate of drug-likeness (QED) is 0.297. The Kier molecular flexibility index (Phi) is 7.76. The SMILES string of the molecule is FCCCN1CC(Cc2c(F)cc(C3=C(c4ccc(Cl)cc4Cl)CCCc4ccccc43)cc2F)C1. The number of allylic oxidation sites excluding steroid dienone is 1. The average molecular weight is 530 g/mol. The average Bonchev–Trinajstić information content (AvgIpc) is 3.01. The van der Waals surface area contributed by atoms with Crippen LogP contribution >= 0.6 is 23.2 Å². The maximum atomic E-state index is 15.5. The van der Waals surface area contributed by atoms with Gasteiger partial charge in [-0.25, -0.2) is 8.78 Å². The molecule has 0 amide bonds. The van der Waals surface area contributed by atoms with Crippen LogP contribution in [-0.4, -0.2) is 31.2 Å². The number of benzene rings is 3. The number of hydrogen-bond donors (Lipinski definition) is 0. The van der Waals surface area contributed by atoms with Crippen molar-refractivity contribution in [2.24, 2.45) is 5.92 Å². The normalized spacial score (nSPS) is 16.6. The molecule has 1 aliphatic carbocycles. The lowest BCUT2D eigenvalue weighted by Crippen LogP contribution is -2.48. The Hall–Kier alpha value is -2.27. The lowest BCUT2D eigenvalue weighted by Gasteiger charge is -2.39. The number of rotatable bonds is 7. The monoisotopic (exact) mass is 529 g/mol. The first kappa shape index (κ1) is 25.4. The van der Waals surface area contributed by atoms with Gasteiger partial charge < -0.3 is 4.90 Å². The van der Waals surface area contributed by atoms with Crippen LogP contribution in [0.25, 0.3) is 11.1 Å². The summed E-state index contributed by atoms with van der Waals surface area (Å²) in [6.07, 6.45) is 3.35. The van der Waals surface area contributed by atoms with Crippen molar-refractivity contribution in [1.29, 1.82) is 0 Å². The molecule has 0 unspecified atom stereocenters. The first-order valence-corrected chi connectivity index (χ1v) is 13.2. The molecule has 6 heteroatoms. The predicted molar refractivity (Wildman–Crippen MR) is 142 cm³/mol. The van der Waals surface area contributed by atoms with Crippen molar-refractivity contribution in [3.05, 3.63) is 104 Å². The van der Waals surface area contributed by atoms with E-state index >= 15 is 8.78 Å². The largest absolute Gasteiger partial charge is 0.303 e. The molecule has 1 heterocycles. The van der Waals surface area contributed by atoms with Crippen molar-refractivity contribution in [2.75, 3.05) is 26.3 Å². The summed E-state index contributed by atoms with van der Waals surface area (Å²) in [5, 5.41) is 1.06. The number of hydrogen-bond acceptors (Lipinski definition) is 1. The van der Waals surface area contributed by atoms with Gasteiger partial charge in [0.15, 0.2) is 0 Å². The molecule has 1 nitrogen and oxygen atoms in total. The molecular formula is C30H28Cl2F3N. The van der Waals surface area contributed by atoms with Crippen LogP contribution in [0.5, 0.6) is 0 Å². The second-order valence-electron chi connectivity index (χ2n) is 9.78. The number of aryl methyl sites for hydroxylation is 1. The zero-order chi connectivity index (χ0) is 25.2. The summed E-state index contributed by atoms with van der Waals surface area (Å²) in [6, 6.07) is 16.4. The molecule has 3 aromatic carbocycles. The second-order valence-corrected chi connectivity index (χ2v) is 10.6. The summed E-state index contributed by atoms with van der Waals surface area (Å²) in [6.45, 7) is 1.85. The minimum atomic E-state index is -0.525. The summed E-state index contributed by atoms with van der Waals surface area (Å²) >= 11 is 12.8. The van der Waals surface area contributed by atoms with E-state index in [1.807, 2.05) is 24.3 Å². The summed E-state index contributed by atoms with van der Waals surface area (Å²) in [7, 11) is 0. The van der Waals surface area contributed by atoms with Gasteiger partial charge in [-0.05, 0) is 95.7 Å². The Labute approximate surface area is 220 Å². The van der Waals surface area contributed by atoms with E-state index < -0.39 is 11.6 Å². The topological polar surface area (TPSA) is 3.24 Å². The van der Waals surface area contributed by atoms with Crippen molar-refractivity contribution >= 4 is 34.3 Å². The van der Waals surface area contributed by atoms with Crippen LogP contribution in [-0.2, 0) is 12.8 Å².